The number of carbonyl (C=O) groups excluding carboxylic acids is 1. The average Bonchev–Trinajstić information content (AvgIpc) is 2.94. The summed E-state index contributed by atoms with van der Waals surface area (Å²) in [5, 5.41) is 2.75. The highest BCUT2D eigenvalue weighted by Gasteiger charge is 2.29. The first-order chi connectivity index (χ1) is 9.69. The van der Waals surface area contributed by atoms with Crippen molar-refractivity contribution in [3.05, 3.63) is 30.1 Å². The molecule has 0 aromatic heterocycles. The van der Waals surface area contributed by atoms with Gasteiger partial charge >= 0.3 is 0 Å². The zero-order chi connectivity index (χ0) is 14.4. The third kappa shape index (κ3) is 5.49. The molecule has 21 heavy (non-hydrogen) atoms. The van der Waals surface area contributed by atoms with E-state index >= 15 is 0 Å². The van der Waals surface area contributed by atoms with Crippen LogP contribution in [-0.2, 0) is 9.53 Å². The molecule has 0 unspecified atom stereocenters. The van der Waals surface area contributed by atoms with Crippen molar-refractivity contribution in [2.75, 3.05) is 19.7 Å². The van der Waals surface area contributed by atoms with E-state index < -0.39 is 6.10 Å². The third-order valence-corrected chi connectivity index (χ3v) is 3.15. The number of halogens is 2. The average molecular weight is 319 g/mol. The second-order valence-corrected chi connectivity index (χ2v) is 4.65. The molecule has 0 radical (unpaired) electrons. The molecule has 1 aromatic carbocycles. The molecule has 5 nitrogen and oxygen atoms in total. The van der Waals surface area contributed by atoms with Crippen molar-refractivity contribution in [1.82, 2.24) is 5.32 Å². The molecule has 1 aliphatic rings. The van der Waals surface area contributed by atoms with Crippen molar-refractivity contribution >= 4 is 18.3 Å². The minimum Gasteiger partial charge on any atom is -0.492 e. The molecule has 1 aromatic rings. The zero-order valence-corrected chi connectivity index (χ0v) is 12.4. The van der Waals surface area contributed by atoms with Crippen LogP contribution < -0.4 is 15.8 Å². The Morgan fingerprint density at radius 2 is 2.10 bits per heavy atom. The van der Waals surface area contributed by atoms with Gasteiger partial charge in [-0.1, -0.05) is 0 Å². The maximum Gasteiger partial charge on any atom is 0.249 e. The van der Waals surface area contributed by atoms with Gasteiger partial charge in [-0.3, -0.25) is 4.79 Å². The number of nitrogens with one attached hydrogen (secondary N) is 1. The van der Waals surface area contributed by atoms with Crippen LogP contribution in [0.3, 0.4) is 0 Å². The van der Waals surface area contributed by atoms with E-state index in [1.165, 1.54) is 12.1 Å². The first kappa shape index (κ1) is 17.7. The minimum atomic E-state index is -0.408. The zero-order valence-electron chi connectivity index (χ0n) is 11.6. The highest BCUT2D eigenvalue weighted by Crippen LogP contribution is 2.18. The fourth-order valence-electron chi connectivity index (χ4n) is 2.06. The first-order valence-corrected chi connectivity index (χ1v) is 6.70. The Labute approximate surface area is 129 Å². The maximum atomic E-state index is 12.7. The summed E-state index contributed by atoms with van der Waals surface area (Å²) in [4.78, 5) is 11.8. The summed E-state index contributed by atoms with van der Waals surface area (Å²) >= 11 is 0. The van der Waals surface area contributed by atoms with Crippen molar-refractivity contribution in [2.45, 2.75) is 25.0 Å². The first-order valence-electron chi connectivity index (χ1n) is 6.70. The lowest BCUT2D eigenvalue weighted by atomic mass is 10.2. The number of ether oxygens (including phenoxy) is 2. The summed E-state index contributed by atoms with van der Waals surface area (Å²) in [6.45, 7) is 1.14. The third-order valence-electron chi connectivity index (χ3n) is 3.15. The van der Waals surface area contributed by atoms with Crippen LogP contribution in [0.2, 0.25) is 0 Å². The van der Waals surface area contributed by atoms with E-state index in [2.05, 4.69) is 5.32 Å². The molecular weight excluding hydrogens is 299 g/mol. The summed E-state index contributed by atoms with van der Waals surface area (Å²) in [7, 11) is 0. The van der Waals surface area contributed by atoms with Crippen LogP contribution in [0.5, 0.6) is 5.75 Å². The molecule has 0 spiro atoms. The van der Waals surface area contributed by atoms with Gasteiger partial charge in [0.05, 0.1) is 12.6 Å². The second kappa shape index (κ2) is 8.81. The van der Waals surface area contributed by atoms with Gasteiger partial charge in [-0.15, -0.1) is 12.4 Å². The molecule has 0 aliphatic carbocycles. The van der Waals surface area contributed by atoms with Crippen LogP contribution in [0.25, 0.3) is 0 Å². The summed E-state index contributed by atoms with van der Waals surface area (Å²) in [5.41, 5.74) is 5.49. The topological polar surface area (TPSA) is 73.6 Å². The van der Waals surface area contributed by atoms with Gasteiger partial charge < -0.3 is 20.5 Å². The molecule has 0 saturated carbocycles. The van der Waals surface area contributed by atoms with Crippen molar-refractivity contribution in [1.29, 1.82) is 0 Å². The van der Waals surface area contributed by atoms with Crippen LogP contribution >= 0.6 is 12.4 Å². The molecule has 1 saturated heterocycles. The molecule has 118 valence electrons. The number of hydrogen-bond acceptors (Lipinski definition) is 4. The quantitative estimate of drug-likeness (QED) is 0.774. The Balaban J connectivity index is 0.00000220. The smallest absolute Gasteiger partial charge is 0.249 e. The van der Waals surface area contributed by atoms with Gasteiger partial charge in [-0.2, -0.15) is 0 Å². The van der Waals surface area contributed by atoms with Gasteiger partial charge in [-0.25, -0.2) is 4.39 Å². The molecule has 1 aliphatic heterocycles. The van der Waals surface area contributed by atoms with Crippen molar-refractivity contribution < 1.29 is 18.7 Å². The van der Waals surface area contributed by atoms with E-state index in [1.54, 1.807) is 12.1 Å². The van der Waals surface area contributed by atoms with Gasteiger partial charge in [0.15, 0.2) is 0 Å². The number of carbonyl (C=O) groups is 1. The molecule has 1 amide bonds. The Morgan fingerprint density at radius 1 is 1.38 bits per heavy atom. The molecule has 3 N–H and O–H groups in total. The molecule has 2 atom stereocenters. The summed E-state index contributed by atoms with van der Waals surface area (Å²) in [6, 6.07) is 5.74. The Kier molecular flexibility index (Phi) is 7.42. The highest BCUT2D eigenvalue weighted by atomic mass is 35.5. The SMILES string of the molecule is Cl.NC[C@H]1CC[C@@H](C(=O)NCCOc2ccc(F)cc2)O1. The van der Waals surface area contributed by atoms with Crippen LogP contribution in [0.15, 0.2) is 24.3 Å². The summed E-state index contributed by atoms with van der Waals surface area (Å²) in [6.07, 6.45) is 1.10. The van der Waals surface area contributed by atoms with E-state index in [0.717, 1.165) is 6.42 Å². The molecule has 1 fully saturated rings. The van der Waals surface area contributed by atoms with Crippen molar-refractivity contribution in [2.24, 2.45) is 5.73 Å². The fourth-order valence-corrected chi connectivity index (χ4v) is 2.06. The van der Waals surface area contributed by atoms with Crippen LogP contribution in [0, 0.1) is 5.82 Å². The number of hydrogen-bond donors (Lipinski definition) is 2. The number of amides is 1. The molecule has 1 heterocycles. The van der Waals surface area contributed by atoms with E-state index in [4.69, 9.17) is 15.2 Å². The summed E-state index contributed by atoms with van der Waals surface area (Å²) in [5.74, 6) is 0.128. The Morgan fingerprint density at radius 3 is 2.71 bits per heavy atom. The predicted molar refractivity (Wildman–Crippen MR) is 79.1 cm³/mol. The molecule has 0 bridgehead atoms. The van der Waals surface area contributed by atoms with Crippen molar-refractivity contribution in [3.63, 3.8) is 0 Å². The van der Waals surface area contributed by atoms with Gasteiger partial charge in [0.1, 0.15) is 24.3 Å². The second-order valence-electron chi connectivity index (χ2n) is 4.65. The number of benzene rings is 1. The van der Waals surface area contributed by atoms with E-state index in [-0.39, 0.29) is 30.2 Å². The van der Waals surface area contributed by atoms with Gasteiger partial charge in [0, 0.05) is 6.54 Å². The van der Waals surface area contributed by atoms with Crippen molar-refractivity contribution in [3.8, 4) is 5.75 Å². The van der Waals surface area contributed by atoms with E-state index in [1.807, 2.05) is 0 Å². The van der Waals surface area contributed by atoms with E-state index in [9.17, 15) is 9.18 Å². The Bertz CT molecular complexity index is 444. The van der Waals surface area contributed by atoms with Gasteiger partial charge in [0.25, 0.3) is 0 Å². The monoisotopic (exact) mass is 318 g/mol. The number of rotatable bonds is 6. The Hall–Kier alpha value is -1.37. The normalized spacial score (nSPS) is 20.7. The molecule has 2 rings (SSSR count). The maximum absolute atomic E-state index is 12.7. The van der Waals surface area contributed by atoms with Gasteiger partial charge in [0.2, 0.25) is 5.91 Å². The lowest BCUT2D eigenvalue weighted by Crippen LogP contribution is -2.37. The standard InChI is InChI=1S/C14H19FN2O3.ClH/c15-10-1-3-11(4-2-10)19-8-7-17-14(18)13-6-5-12(9-16)20-13;/h1-4,12-13H,5-9,16H2,(H,17,18);1H/t12-,13+;/m1./s1. The predicted octanol–water partition coefficient (Wildman–Crippen LogP) is 1.25. The largest absolute Gasteiger partial charge is 0.492 e. The van der Waals surface area contributed by atoms with Crippen LogP contribution in [0.4, 0.5) is 4.39 Å². The molecular formula is C14H20ClFN2O3. The lowest BCUT2D eigenvalue weighted by Gasteiger charge is -2.13. The number of nitrogens with two attached hydrogens (primary N) is 1. The van der Waals surface area contributed by atoms with Crippen LogP contribution in [0.1, 0.15) is 12.8 Å². The summed E-state index contributed by atoms with van der Waals surface area (Å²) < 4.78 is 23.5. The minimum absolute atomic E-state index is 0. The fraction of sp³-hybridized carbons (Fsp3) is 0.500. The van der Waals surface area contributed by atoms with Gasteiger partial charge in [-0.05, 0) is 37.1 Å². The van der Waals surface area contributed by atoms with Crippen LogP contribution in [-0.4, -0.2) is 37.8 Å². The highest BCUT2D eigenvalue weighted by molar-refractivity contribution is 5.85. The molecule has 7 heteroatoms. The lowest BCUT2D eigenvalue weighted by molar-refractivity contribution is -0.131. The van der Waals surface area contributed by atoms with E-state index in [0.29, 0.717) is 31.9 Å².